The van der Waals surface area contributed by atoms with Crippen molar-refractivity contribution in [3.8, 4) is 0 Å². The molecule has 0 aromatic heterocycles. The smallest absolute Gasteiger partial charge is 0.348 e. The molecule has 5 nitrogen and oxygen atoms in total. The van der Waals surface area contributed by atoms with Crippen LogP contribution in [0.2, 0.25) is 0 Å². The summed E-state index contributed by atoms with van der Waals surface area (Å²) in [6, 6.07) is 6.37. The van der Waals surface area contributed by atoms with Crippen LogP contribution >= 0.6 is 11.8 Å². The summed E-state index contributed by atoms with van der Waals surface area (Å²) in [4.78, 5) is 35.3. The van der Waals surface area contributed by atoms with Gasteiger partial charge in [0.2, 0.25) is 5.91 Å². The quantitative estimate of drug-likeness (QED) is 0.688. The van der Waals surface area contributed by atoms with Gasteiger partial charge in [-0.2, -0.15) is 13.2 Å². The minimum atomic E-state index is -4.94. The second-order valence-electron chi connectivity index (χ2n) is 6.35. The number of alkyl halides is 3. The van der Waals surface area contributed by atoms with Crippen molar-refractivity contribution in [2.75, 3.05) is 0 Å². The van der Waals surface area contributed by atoms with Crippen LogP contribution in [0.25, 0.3) is 0 Å². The van der Waals surface area contributed by atoms with Gasteiger partial charge in [0.25, 0.3) is 11.1 Å². The predicted molar refractivity (Wildman–Crippen MR) is 97.6 cm³/mol. The normalized spacial score (nSPS) is 16.5. The molecule has 0 radical (unpaired) electrons. The Morgan fingerprint density at radius 2 is 1.77 bits per heavy atom. The summed E-state index contributed by atoms with van der Waals surface area (Å²) in [6.45, 7) is -0.309. The van der Waals surface area contributed by atoms with Crippen molar-refractivity contribution in [3.63, 3.8) is 0 Å². The van der Waals surface area contributed by atoms with Crippen LogP contribution in [0.4, 0.5) is 26.7 Å². The van der Waals surface area contributed by atoms with E-state index in [0.29, 0.717) is 17.8 Å². The Hall–Kier alpha value is -2.95. The number of carbonyl (C=O) groups excluding carboxylic acids is 3. The van der Waals surface area contributed by atoms with Crippen LogP contribution in [0.15, 0.2) is 36.4 Å². The molecule has 0 spiro atoms. The fourth-order valence-electron chi connectivity index (χ4n) is 2.86. The number of nitrogens with one attached hydrogen (secondary N) is 2. The molecule has 3 rings (SSSR count). The number of carbonyl (C=O) groups is 3. The Kier molecular flexibility index (Phi) is 6.11. The molecule has 1 atom stereocenters. The van der Waals surface area contributed by atoms with E-state index in [9.17, 15) is 36.3 Å². The number of benzene rings is 2. The van der Waals surface area contributed by atoms with Crippen LogP contribution in [-0.2, 0) is 23.9 Å². The molecular formula is C19H13F5N2O3S. The van der Waals surface area contributed by atoms with E-state index in [-0.39, 0.29) is 18.2 Å². The maximum atomic E-state index is 14.3. The van der Waals surface area contributed by atoms with Crippen molar-refractivity contribution in [3.05, 3.63) is 70.3 Å². The highest BCUT2D eigenvalue weighted by molar-refractivity contribution is 8.15. The van der Waals surface area contributed by atoms with Crippen molar-refractivity contribution < 1.29 is 36.3 Å². The summed E-state index contributed by atoms with van der Waals surface area (Å²) in [7, 11) is 0. The standard InChI is InChI=1S/C19H13F5N2O3S/c20-13-4-2-1-3-9(13)8-25-16(27)11-5-10(6-15-17(28)26-18(29)30-15)12(7-14(11)21)19(22,23)24/h1-5,7,15H,6,8H2,(H,25,27)(H,26,28,29). The van der Waals surface area contributed by atoms with Gasteiger partial charge in [0, 0.05) is 12.1 Å². The summed E-state index contributed by atoms with van der Waals surface area (Å²) in [6.07, 6.45) is -5.48. The maximum Gasteiger partial charge on any atom is 0.416 e. The molecule has 1 aliphatic heterocycles. The molecule has 30 heavy (non-hydrogen) atoms. The average Bonchev–Trinajstić information content (AvgIpc) is 2.98. The summed E-state index contributed by atoms with van der Waals surface area (Å²) in [5.41, 5.74) is -2.44. The van der Waals surface area contributed by atoms with Gasteiger partial charge in [-0.1, -0.05) is 30.0 Å². The molecule has 1 fully saturated rings. The topological polar surface area (TPSA) is 75.3 Å². The van der Waals surface area contributed by atoms with Gasteiger partial charge in [-0.3, -0.25) is 19.7 Å². The van der Waals surface area contributed by atoms with Crippen LogP contribution in [0.3, 0.4) is 0 Å². The molecule has 0 aliphatic carbocycles. The van der Waals surface area contributed by atoms with Gasteiger partial charge in [-0.05, 0) is 30.2 Å². The molecule has 11 heteroatoms. The van der Waals surface area contributed by atoms with Crippen molar-refractivity contribution in [2.24, 2.45) is 0 Å². The van der Waals surface area contributed by atoms with Gasteiger partial charge in [-0.25, -0.2) is 8.78 Å². The maximum absolute atomic E-state index is 14.3. The third kappa shape index (κ3) is 4.78. The second-order valence-corrected chi connectivity index (χ2v) is 7.52. The molecule has 0 bridgehead atoms. The largest absolute Gasteiger partial charge is 0.416 e. The van der Waals surface area contributed by atoms with Gasteiger partial charge in [0.15, 0.2) is 0 Å². The minimum absolute atomic E-state index is 0.107. The third-order valence-electron chi connectivity index (χ3n) is 4.31. The SMILES string of the molecule is O=C1NC(=O)C(Cc2cc(C(=O)NCc3ccccc3F)c(F)cc2C(F)(F)F)S1. The number of hydrogen-bond donors (Lipinski definition) is 2. The Bertz CT molecular complexity index is 1030. The fraction of sp³-hybridized carbons (Fsp3) is 0.211. The minimum Gasteiger partial charge on any atom is -0.348 e. The number of amides is 3. The highest BCUT2D eigenvalue weighted by atomic mass is 32.2. The molecule has 0 saturated carbocycles. The molecular weight excluding hydrogens is 431 g/mol. The first-order valence-electron chi connectivity index (χ1n) is 8.49. The van der Waals surface area contributed by atoms with Gasteiger partial charge in [-0.15, -0.1) is 0 Å². The first kappa shape index (κ1) is 21.8. The van der Waals surface area contributed by atoms with E-state index < -0.39 is 63.2 Å². The number of thioether (sulfide) groups is 1. The molecule has 1 aliphatic rings. The van der Waals surface area contributed by atoms with Gasteiger partial charge >= 0.3 is 6.18 Å². The van der Waals surface area contributed by atoms with Gasteiger partial charge in [0.05, 0.1) is 16.4 Å². The van der Waals surface area contributed by atoms with Gasteiger partial charge < -0.3 is 5.32 Å². The van der Waals surface area contributed by atoms with Crippen LogP contribution in [0.1, 0.15) is 27.0 Å². The van der Waals surface area contributed by atoms with E-state index in [4.69, 9.17) is 0 Å². The van der Waals surface area contributed by atoms with E-state index in [0.717, 1.165) is 6.07 Å². The predicted octanol–water partition coefficient (Wildman–Crippen LogP) is 3.81. The summed E-state index contributed by atoms with van der Waals surface area (Å²) in [5, 5.41) is 2.36. The molecule has 1 heterocycles. The fourth-order valence-corrected chi connectivity index (χ4v) is 3.71. The van der Waals surface area contributed by atoms with E-state index in [2.05, 4.69) is 5.32 Å². The average molecular weight is 444 g/mol. The second kappa shape index (κ2) is 8.42. The van der Waals surface area contributed by atoms with E-state index in [1.54, 1.807) is 0 Å². The van der Waals surface area contributed by atoms with E-state index >= 15 is 0 Å². The van der Waals surface area contributed by atoms with Gasteiger partial charge in [0.1, 0.15) is 11.6 Å². The molecule has 2 aromatic carbocycles. The lowest BCUT2D eigenvalue weighted by Crippen LogP contribution is -2.27. The molecule has 2 aromatic rings. The van der Waals surface area contributed by atoms with Crippen molar-refractivity contribution in [2.45, 2.75) is 24.4 Å². The van der Waals surface area contributed by atoms with Crippen molar-refractivity contribution in [1.29, 1.82) is 0 Å². The van der Waals surface area contributed by atoms with Crippen LogP contribution in [0.5, 0.6) is 0 Å². The number of hydrogen-bond acceptors (Lipinski definition) is 4. The lowest BCUT2D eigenvalue weighted by Gasteiger charge is -2.16. The Labute approximate surface area is 171 Å². The molecule has 1 saturated heterocycles. The first-order valence-corrected chi connectivity index (χ1v) is 9.37. The van der Waals surface area contributed by atoms with Crippen molar-refractivity contribution >= 4 is 28.8 Å². The Morgan fingerprint density at radius 1 is 1.07 bits per heavy atom. The zero-order chi connectivity index (χ0) is 22.1. The first-order chi connectivity index (χ1) is 14.1. The van der Waals surface area contributed by atoms with Crippen LogP contribution in [0, 0.1) is 11.6 Å². The summed E-state index contributed by atoms with van der Waals surface area (Å²) in [5.74, 6) is -3.85. The molecule has 158 valence electrons. The number of rotatable bonds is 5. The third-order valence-corrected chi connectivity index (χ3v) is 5.29. The summed E-state index contributed by atoms with van der Waals surface area (Å²) < 4.78 is 68.0. The van der Waals surface area contributed by atoms with Crippen molar-refractivity contribution in [1.82, 2.24) is 10.6 Å². The lowest BCUT2D eigenvalue weighted by molar-refractivity contribution is -0.138. The Balaban J connectivity index is 1.89. The highest BCUT2D eigenvalue weighted by Crippen LogP contribution is 2.36. The lowest BCUT2D eigenvalue weighted by atomic mass is 9.98. The molecule has 2 N–H and O–H groups in total. The Morgan fingerprint density at radius 3 is 2.37 bits per heavy atom. The zero-order valence-electron chi connectivity index (χ0n) is 15.0. The van der Waals surface area contributed by atoms with E-state index in [1.165, 1.54) is 18.2 Å². The summed E-state index contributed by atoms with van der Waals surface area (Å²) >= 11 is 0.513. The highest BCUT2D eigenvalue weighted by Gasteiger charge is 2.38. The van der Waals surface area contributed by atoms with Crippen LogP contribution in [-0.4, -0.2) is 22.3 Å². The number of imide groups is 1. The number of halogens is 5. The monoisotopic (exact) mass is 444 g/mol. The van der Waals surface area contributed by atoms with Crippen LogP contribution < -0.4 is 10.6 Å². The molecule has 1 unspecified atom stereocenters. The molecule has 3 amide bonds. The van der Waals surface area contributed by atoms with E-state index in [1.807, 2.05) is 5.32 Å². The zero-order valence-corrected chi connectivity index (χ0v) is 15.8.